The van der Waals surface area contributed by atoms with Crippen LogP contribution in [0, 0.1) is 27.7 Å². The Morgan fingerprint density at radius 2 is 1.79 bits per heavy atom. The Labute approximate surface area is 337 Å². The molecular weight excluding hydrogens is 747 g/mol. The Hall–Kier alpha value is -4.77. The fourth-order valence-electron chi connectivity index (χ4n) is 9.12. The Morgan fingerprint density at radius 1 is 1.04 bits per heavy atom. The molecule has 3 atom stereocenters. The van der Waals surface area contributed by atoms with Gasteiger partial charge in [0, 0.05) is 58.4 Å². The van der Waals surface area contributed by atoms with Gasteiger partial charge in [0.05, 0.1) is 40.6 Å². The lowest BCUT2D eigenvalue weighted by atomic mass is 9.98. The van der Waals surface area contributed by atoms with Crippen molar-refractivity contribution in [3.8, 4) is 16.9 Å². The number of carboxylic acids is 1. The van der Waals surface area contributed by atoms with E-state index >= 15 is 4.79 Å². The fraction of sp³-hybridized carbons (Fsp3) is 0.386. The molecule has 2 aliphatic heterocycles. The standard InChI is InChI=1S/C44H48Cl2N6O4/c1-24-19-31(20-25(2)39(24)45)56-18-10-14-33-32-12-8-13-34(38-26(3)47-49(7)27(38)4)40(32)51-28(5)42(46)52(43(53)41(33)51)37-23-50(22-30-11-9-17-48(30)6)36-16-15-29(44(54)55)21-35(36)37/h8,12-13,15-16,19-21,23,28,30,42H,9-11,14,17-18,22H2,1-7H3,(H,54,55)/t28?,30-,42-/m0/s1. The SMILES string of the molecule is Cc1cc(OCCCc2c3n(c4c(-c5c(C)nn(C)c5C)cccc24)C(C)[C@@H](Cl)N(c2cn(C[C@@H]4CCCN4C)c4ccc(C(=O)O)cc24)C3=O)cc(C)c1Cl. The summed E-state index contributed by atoms with van der Waals surface area (Å²) < 4.78 is 12.5. The lowest BCUT2D eigenvalue weighted by Gasteiger charge is -2.38. The van der Waals surface area contributed by atoms with E-state index in [1.165, 1.54) is 0 Å². The second-order valence-electron chi connectivity index (χ2n) is 15.7. The van der Waals surface area contributed by atoms with Crippen LogP contribution in [0.5, 0.6) is 5.75 Å². The van der Waals surface area contributed by atoms with Crippen molar-refractivity contribution in [3.05, 3.63) is 99.1 Å². The predicted octanol–water partition coefficient (Wildman–Crippen LogP) is 9.47. The van der Waals surface area contributed by atoms with Crippen molar-refractivity contribution >= 4 is 62.6 Å². The van der Waals surface area contributed by atoms with Gasteiger partial charge in [0.25, 0.3) is 5.91 Å². The number of ether oxygens (including phenoxy) is 1. The molecule has 1 fully saturated rings. The number of hydrogen-bond acceptors (Lipinski definition) is 5. The largest absolute Gasteiger partial charge is 0.494 e. The van der Waals surface area contributed by atoms with Gasteiger partial charge in [-0.25, -0.2) is 4.79 Å². The summed E-state index contributed by atoms with van der Waals surface area (Å²) in [5.41, 5.74) is 9.24. The van der Waals surface area contributed by atoms with Gasteiger partial charge in [-0.15, -0.1) is 0 Å². The van der Waals surface area contributed by atoms with Crippen LogP contribution in [0.4, 0.5) is 5.69 Å². The van der Waals surface area contributed by atoms with Crippen LogP contribution in [0.2, 0.25) is 5.02 Å². The summed E-state index contributed by atoms with van der Waals surface area (Å²) >= 11 is 13.9. The van der Waals surface area contributed by atoms with E-state index in [9.17, 15) is 9.90 Å². The van der Waals surface area contributed by atoms with Gasteiger partial charge in [0.1, 0.15) is 16.9 Å². The van der Waals surface area contributed by atoms with Gasteiger partial charge in [-0.2, -0.15) is 5.10 Å². The minimum absolute atomic E-state index is 0.158. The molecule has 0 spiro atoms. The zero-order valence-electron chi connectivity index (χ0n) is 33.0. The highest BCUT2D eigenvalue weighted by Gasteiger charge is 2.42. The van der Waals surface area contributed by atoms with E-state index in [1.54, 1.807) is 17.0 Å². The van der Waals surface area contributed by atoms with Crippen molar-refractivity contribution in [3.63, 3.8) is 0 Å². The number of para-hydroxylation sites is 1. The highest BCUT2D eigenvalue weighted by molar-refractivity contribution is 6.32. The number of carboxylic acid groups (broad SMARTS) is 1. The molecule has 3 aromatic heterocycles. The number of likely N-dealkylation sites (tertiary alicyclic amines) is 1. The average Bonchev–Trinajstić information content (AvgIpc) is 3.90. The third-order valence-electron chi connectivity index (χ3n) is 12.1. The summed E-state index contributed by atoms with van der Waals surface area (Å²) in [5.74, 6) is -0.480. The maximum Gasteiger partial charge on any atom is 0.335 e. The number of carbonyl (C=O) groups is 2. The van der Waals surface area contributed by atoms with Crippen molar-refractivity contribution in [2.45, 2.75) is 84.4 Å². The molecule has 8 rings (SSSR count). The predicted molar refractivity (Wildman–Crippen MR) is 224 cm³/mol. The summed E-state index contributed by atoms with van der Waals surface area (Å²) in [5, 5.41) is 17.2. The minimum atomic E-state index is -1.02. The Bertz CT molecular complexity index is 2530. The van der Waals surface area contributed by atoms with E-state index in [1.807, 2.05) is 56.9 Å². The molecule has 12 heteroatoms. The van der Waals surface area contributed by atoms with Crippen LogP contribution < -0.4 is 9.64 Å². The number of anilines is 1. The summed E-state index contributed by atoms with van der Waals surface area (Å²) in [6.45, 7) is 12.3. The molecular formula is C44H48Cl2N6O4. The molecule has 1 N–H and O–H groups in total. The van der Waals surface area contributed by atoms with Gasteiger partial charge in [-0.1, -0.05) is 41.4 Å². The van der Waals surface area contributed by atoms with Crippen LogP contribution in [0.1, 0.15) is 81.2 Å². The third-order valence-corrected chi connectivity index (χ3v) is 13.2. The zero-order chi connectivity index (χ0) is 39.7. The second-order valence-corrected chi connectivity index (χ2v) is 16.5. The van der Waals surface area contributed by atoms with Crippen LogP contribution >= 0.6 is 23.2 Å². The topological polar surface area (TPSA) is 97.8 Å². The summed E-state index contributed by atoms with van der Waals surface area (Å²) in [7, 11) is 4.09. The molecule has 6 aromatic rings. The smallest absolute Gasteiger partial charge is 0.335 e. The van der Waals surface area contributed by atoms with E-state index in [-0.39, 0.29) is 17.5 Å². The first kappa shape index (κ1) is 38.1. The molecule has 0 bridgehead atoms. The minimum Gasteiger partial charge on any atom is -0.494 e. The van der Waals surface area contributed by atoms with Crippen LogP contribution in [0.25, 0.3) is 32.9 Å². The second kappa shape index (κ2) is 14.6. The van der Waals surface area contributed by atoms with E-state index in [0.29, 0.717) is 42.3 Å². The van der Waals surface area contributed by atoms with Crippen LogP contribution in [0.3, 0.4) is 0 Å². The van der Waals surface area contributed by atoms with Gasteiger partial charge >= 0.3 is 5.97 Å². The monoisotopic (exact) mass is 794 g/mol. The molecule has 5 heterocycles. The van der Waals surface area contributed by atoms with E-state index in [4.69, 9.17) is 33.0 Å². The van der Waals surface area contributed by atoms with Gasteiger partial charge in [-0.3, -0.25) is 14.4 Å². The molecule has 1 unspecified atom stereocenters. The molecule has 56 heavy (non-hydrogen) atoms. The Morgan fingerprint density at radius 3 is 2.45 bits per heavy atom. The first-order valence-electron chi connectivity index (χ1n) is 19.4. The summed E-state index contributed by atoms with van der Waals surface area (Å²) in [6, 6.07) is 15.3. The summed E-state index contributed by atoms with van der Waals surface area (Å²) in [6.07, 6.45) is 5.43. The number of amides is 1. The maximum absolute atomic E-state index is 15.4. The first-order valence-corrected chi connectivity index (χ1v) is 20.2. The number of halogens is 2. The molecule has 10 nitrogen and oxygen atoms in total. The maximum atomic E-state index is 15.4. The van der Waals surface area contributed by atoms with Crippen molar-refractivity contribution in [1.82, 2.24) is 23.8 Å². The quantitative estimate of drug-likeness (QED) is 0.0844. The van der Waals surface area contributed by atoms with Gasteiger partial charge < -0.3 is 23.9 Å². The van der Waals surface area contributed by atoms with Crippen LogP contribution in [0.15, 0.2) is 54.7 Å². The first-order chi connectivity index (χ1) is 26.8. The highest BCUT2D eigenvalue weighted by atomic mass is 35.5. The number of benzene rings is 3. The zero-order valence-corrected chi connectivity index (χ0v) is 34.5. The molecule has 1 saturated heterocycles. The Kier molecular flexibility index (Phi) is 9.96. The van der Waals surface area contributed by atoms with Crippen LogP contribution in [-0.2, 0) is 20.0 Å². The average molecular weight is 796 g/mol. The van der Waals surface area contributed by atoms with Crippen molar-refractivity contribution in [2.75, 3.05) is 25.1 Å². The summed E-state index contributed by atoms with van der Waals surface area (Å²) in [4.78, 5) is 31.7. The van der Waals surface area contributed by atoms with Gasteiger partial charge in [0.15, 0.2) is 0 Å². The molecule has 0 aliphatic carbocycles. The molecule has 0 radical (unpaired) electrons. The van der Waals surface area contributed by atoms with Crippen molar-refractivity contribution in [2.24, 2.45) is 7.05 Å². The van der Waals surface area contributed by atoms with E-state index in [0.717, 1.165) is 92.3 Å². The fourth-order valence-corrected chi connectivity index (χ4v) is 9.53. The third kappa shape index (κ3) is 6.26. The molecule has 3 aromatic carbocycles. The number of fused-ring (bicyclic) bond motifs is 4. The molecule has 292 valence electrons. The van der Waals surface area contributed by atoms with Gasteiger partial charge in [0.2, 0.25) is 0 Å². The molecule has 1 amide bonds. The lowest BCUT2D eigenvalue weighted by Crippen LogP contribution is -2.47. The number of aromatic nitrogens is 4. The number of rotatable bonds is 10. The van der Waals surface area contributed by atoms with Gasteiger partial charge in [-0.05, 0) is 121 Å². The van der Waals surface area contributed by atoms with Crippen LogP contribution in [-0.4, -0.2) is 72.5 Å². The lowest BCUT2D eigenvalue weighted by molar-refractivity contribution is 0.0696. The number of carbonyl (C=O) groups excluding carboxylic acids is 1. The molecule has 2 aliphatic rings. The van der Waals surface area contributed by atoms with Crippen molar-refractivity contribution < 1.29 is 19.4 Å². The normalized spacial score (nSPS) is 18.8. The number of nitrogens with zero attached hydrogens (tertiary/aromatic N) is 6. The molecule has 0 saturated carbocycles. The number of alkyl halides is 1. The Balaban J connectivity index is 1.27. The number of aryl methyl sites for hydroxylation is 5. The number of likely N-dealkylation sites (N-methyl/N-ethyl adjacent to an activating group) is 1. The van der Waals surface area contributed by atoms with E-state index in [2.05, 4.69) is 53.1 Å². The van der Waals surface area contributed by atoms with E-state index < -0.39 is 11.5 Å². The number of aromatic carboxylic acids is 1. The van der Waals surface area contributed by atoms with Crippen molar-refractivity contribution in [1.29, 1.82) is 0 Å². The highest BCUT2D eigenvalue weighted by Crippen LogP contribution is 2.46. The number of hydrogen-bond donors (Lipinski definition) is 1.